The Balaban J connectivity index is 1.99. The molecule has 0 N–H and O–H groups in total. The molecule has 1 heteroatoms. The average Bonchev–Trinajstić information content (AvgIpc) is 2.06. The molecule has 0 radical (unpaired) electrons. The maximum Gasteiger partial charge on any atom is 0.123 e. The Bertz CT molecular complexity index is 270. The van der Waals surface area contributed by atoms with Crippen molar-refractivity contribution in [3.05, 3.63) is 35.6 Å². The fraction of sp³-hybridized carbons (Fsp3) is 0.500. The van der Waals surface area contributed by atoms with Gasteiger partial charge in [-0.2, -0.15) is 0 Å². The minimum atomic E-state index is -0.130. The number of hydrogen-bond donors (Lipinski definition) is 0. The van der Waals surface area contributed by atoms with E-state index in [1.165, 1.54) is 24.8 Å². The SMILES string of the molecule is CCC1CC(c2ccc(F)cc2)C1. The van der Waals surface area contributed by atoms with Gasteiger partial charge in [-0.1, -0.05) is 25.5 Å². The lowest BCUT2D eigenvalue weighted by Gasteiger charge is -2.35. The molecular weight excluding hydrogens is 163 g/mol. The Kier molecular flexibility index (Phi) is 2.34. The summed E-state index contributed by atoms with van der Waals surface area (Å²) in [5.74, 6) is 1.48. The van der Waals surface area contributed by atoms with Crippen molar-refractivity contribution in [2.75, 3.05) is 0 Å². The Morgan fingerprint density at radius 3 is 2.38 bits per heavy atom. The Hall–Kier alpha value is -0.850. The summed E-state index contributed by atoms with van der Waals surface area (Å²) in [5.41, 5.74) is 1.31. The molecule has 1 fully saturated rings. The van der Waals surface area contributed by atoms with Crippen molar-refractivity contribution in [2.24, 2.45) is 5.92 Å². The molecule has 0 unspecified atom stereocenters. The van der Waals surface area contributed by atoms with Gasteiger partial charge in [-0.15, -0.1) is 0 Å². The molecule has 70 valence electrons. The molecule has 1 aliphatic rings. The quantitative estimate of drug-likeness (QED) is 0.647. The summed E-state index contributed by atoms with van der Waals surface area (Å²) in [6, 6.07) is 6.97. The summed E-state index contributed by atoms with van der Waals surface area (Å²) >= 11 is 0. The van der Waals surface area contributed by atoms with E-state index in [9.17, 15) is 4.39 Å². The van der Waals surface area contributed by atoms with Crippen LogP contribution in [0.5, 0.6) is 0 Å². The van der Waals surface area contributed by atoms with Crippen molar-refractivity contribution >= 4 is 0 Å². The molecule has 0 heterocycles. The summed E-state index contributed by atoms with van der Waals surface area (Å²) in [4.78, 5) is 0. The molecule has 1 saturated carbocycles. The fourth-order valence-electron chi connectivity index (χ4n) is 2.08. The Labute approximate surface area is 78.8 Å². The Morgan fingerprint density at radius 2 is 1.85 bits per heavy atom. The van der Waals surface area contributed by atoms with Crippen LogP contribution in [-0.2, 0) is 0 Å². The summed E-state index contributed by atoms with van der Waals surface area (Å²) in [7, 11) is 0. The van der Waals surface area contributed by atoms with Crippen LogP contribution in [0.2, 0.25) is 0 Å². The van der Waals surface area contributed by atoms with Gasteiger partial charge in [0.2, 0.25) is 0 Å². The van der Waals surface area contributed by atoms with Gasteiger partial charge in [0, 0.05) is 0 Å². The molecule has 0 aliphatic heterocycles. The van der Waals surface area contributed by atoms with Crippen LogP contribution in [0.25, 0.3) is 0 Å². The summed E-state index contributed by atoms with van der Waals surface area (Å²) in [6.45, 7) is 2.24. The second-order valence-electron chi connectivity index (χ2n) is 3.99. The number of benzene rings is 1. The first-order valence-electron chi connectivity index (χ1n) is 5.05. The Morgan fingerprint density at radius 1 is 1.23 bits per heavy atom. The van der Waals surface area contributed by atoms with Gasteiger partial charge in [0.05, 0.1) is 0 Å². The fourth-order valence-corrected chi connectivity index (χ4v) is 2.08. The maximum absolute atomic E-state index is 12.6. The van der Waals surface area contributed by atoms with Crippen molar-refractivity contribution in [3.8, 4) is 0 Å². The van der Waals surface area contributed by atoms with Crippen LogP contribution in [0.1, 0.15) is 37.7 Å². The van der Waals surface area contributed by atoms with Gasteiger partial charge >= 0.3 is 0 Å². The summed E-state index contributed by atoms with van der Waals surface area (Å²) in [5, 5.41) is 0. The predicted molar refractivity (Wildman–Crippen MR) is 52.2 cm³/mol. The van der Waals surface area contributed by atoms with Crippen LogP contribution < -0.4 is 0 Å². The largest absolute Gasteiger partial charge is 0.207 e. The zero-order valence-electron chi connectivity index (χ0n) is 7.96. The van der Waals surface area contributed by atoms with Crippen LogP contribution in [0, 0.1) is 11.7 Å². The van der Waals surface area contributed by atoms with Crippen molar-refractivity contribution in [1.82, 2.24) is 0 Å². The normalized spacial score (nSPS) is 26.9. The van der Waals surface area contributed by atoms with E-state index in [4.69, 9.17) is 0 Å². The third-order valence-corrected chi connectivity index (χ3v) is 3.15. The molecule has 0 amide bonds. The zero-order chi connectivity index (χ0) is 9.26. The molecule has 0 saturated heterocycles. The highest BCUT2D eigenvalue weighted by Crippen LogP contribution is 2.42. The molecule has 1 aromatic carbocycles. The molecule has 13 heavy (non-hydrogen) atoms. The van der Waals surface area contributed by atoms with E-state index in [1.807, 2.05) is 12.1 Å². The topological polar surface area (TPSA) is 0 Å². The van der Waals surface area contributed by atoms with Crippen molar-refractivity contribution in [1.29, 1.82) is 0 Å². The number of hydrogen-bond acceptors (Lipinski definition) is 0. The van der Waals surface area contributed by atoms with Gasteiger partial charge in [-0.25, -0.2) is 4.39 Å². The van der Waals surface area contributed by atoms with E-state index in [2.05, 4.69) is 6.92 Å². The third-order valence-electron chi connectivity index (χ3n) is 3.15. The lowest BCUT2D eigenvalue weighted by molar-refractivity contribution is 0.256. The predicted octanol–water partition coefficient (Wildman–Crippen LogP) is 3.73. The van der Waals surface area contributed by atoms with Crippen LogP contribution in [-0.4, -0.2) is 0 Å². The van der Waals surface area contributed by atoms with Crippen molar-refractivity contribution in [2.45, 2.75) is 32.1 Å². The smallest absolute Gasteiger partial charge is 0.123 e. The van der Waals surface area contributed by atoms with Gasteiger partial charge in [-0.3, -0.25) is 0 Å². The first-order valence-corrected chi connectivity index (χ1v) is 5.05. The molecule has 1 aromatic rings. The van der Waals surface area contributed by atoms with E-state index >= 15 is 0 Å². The summed E-state index contributed by atoms with van der Waals surface area (Å²) < 4.78 is 12.6. The van der Waals surface area contributed by atoms with Gasteiger partial charge in [0.1, 0.15) is 5.82 Å². The highest BCUT2D eigenvalue weighted by Gasteiger charge is 2.28. The van der Waals surface area contributed by atoms with E-state index in [-0.39, 0.29) is 5.82 Å². The molecular formula is C12H15F. The minimum absolute atomic E-state index is 0.130. The van der Waals surface area contributed by atoms with E-state index in [0.717, 1.165) is 5.92 Å². The van der Waals surface area contributed by atoms with E-state index in [1.54, 1.807) is 12.1 Å². The van der Waals surface area contributed by atoms with Gasteiger partial charge in [0.25, 0.3) is 0 Å². The van der Waals surface area contributed by atoms with Gasteiger partial charge < -0.3 is 0 Å². The molecule has 1 aliphatic carbocycles. The molecule has 2 rings (SSSR count). The third kappa shape index (κ3) is 1.74. The van der Waals surface area contributed by atoms with Gasteiger partial charge in [-0.05, 0) is 42.4 Å². The maximum atomic E-state index is 12.6. The van der Waals surface area contributed by atoms with Crippen LogP contribution in [0.15, 0.2) is 24.3 Å². The molecule has 0 nitrogen and oxygen atoms in total. The highest BCUT2D eigenvalue weighted by molar-refractivity contribution is 5.22. The standard InChI is InChI=1S/C12H15F/c1-2-9-7-11(8-9)10-3-5-12(13)6-4-10/h3-6,9,11H,2,7-8H2,1H3. The number of rotatable bonds is 2. The lowest BCUT2D eigenvalue weighted by atomic mass is 9.70. The molecule has 0 spiro atoms. The first-order chi connectivity index (χ1) is 6.29. The highest BCUT2D eigenvalue weighted by atomic mass is 19.1. The van der Waals surface area contributed by atoms with Gasteiger partial charge in [0.15, 0.2) is 0 Å². The number of halogens is 1. The first kappa shape index (κ1) is 8.74. The van der Waals surface area contributed by atoms with Crippen LogP contribution >= 0.6 is 0 Å². The minimum Gasteiger partial charge on any atom is -0.207 e. The molecule has 0 bridgehead atoms. The van der Waals surface area contributed by atoms with Crippen molar-refractivity contribution in [3.63, 3.8) is 0 Å². The van der Waals surface area contributed by atoms with Crippen molar-refractivity contribution < 1.29 is 4.39 Å². The average molecular weight is 178 g/mol. The molecule has 0 aromatic heterocycles. The van der Waals surface area contributed by atoms with Crippen LogP contribution in [0.3, 0.4) is 0 Å². The second kappa shape index (κ2) is 3.49. The van der Waals surface area contributed by atoms with E-state index in [0.29, 0.717) is 5.92 Å². The zero-order valence-corrected chi connectivity index (χ0v) is 7.96. The van der Waals surface area contributed by atoms with E-state index < -0.39 is 0 Å². The lowest BCUT2D eigenvalue weighted by Crippen LogP contribution is -2.20. The monoisotopic (exact) mass is 178 g/mol. The molecule has 0 atom stereocenters. The summed E-state index contributed by atoms with van der Waals surface area (Å²) in [6.07, 6.45) is 3.88. The van der Waals surface area contributed by atoms with Crippen LogP contribution in [0.4, 0.5) is 4.39 Å². The second-order valence-corrected chi connectivity index (χ2v) is 3.99.